The van der Waals surface area contributed by atoms with Gasteiger partial charge in [-0.05, 0) is 24.6 Å². The average Bonchev–Trinajstić information content (AvgIpc) is 2.70. The molecule has 0 bridgehead atoms. The van der Waals surface area contributed by atoms with E-state index in [9.17, 15) is 28.1 Å². The Kier molecular flexibility index (Phi) is 7.48. The van der Waals surface area contributed by atoms with Crippen LogP contribution >= 0.6 is 0 Å². The molecule has 2 aromatic carbocycles. The Hall–Kier alpha value is -3.47. The highest BCUT2D eigenvalue weighted by Gasteiger charge is 2.20. The lowest BCUT2D eigenvalue weighted by Gasteiger charge is -2.22. The van der Waals surface area contributed by atoms with Crippen molar-refractivity contribution < 1.29 is 27.7 Å². The second-order valence-electron chi connectivity index (χ2n) is 6.30. The highest BCUT2D eigenvalue weighted by molar-refractivity contribution is 7.92. The number of nitrogens with zero attached hydrogens (tertiary/aromatic N) is 2. The van der Waals surface area contributed by atoms with Crippen LogP contribution in [0, 0.1) is 10.1 Å². The Morgan fingerprint density at radius 2 is 1.87 bits per heavy atom. The van der Waals surface area contributed by atoms with Gasteiger partial charge in [0.1, 0.15) is 0 Å². The van der Waals surface area contributed by atoms with Crippen molar-refractivity contribution in [1.29, 1.82) is 0 Å². The van der Waals surface area contributed by atoms with Crippen molar-refractivity contribution in [2.45, 2.75) is 12.8 Å². The first-order valence-electron chi connectivity index (χ1n) is 8.83. The third kappa shape index (κ3) is 6.01. The van der Waals surface area contributed by atoms with Crippen LogP contribution in [0.2, 0.25) is 0 Å². The number of hydrogen-bond acceptors (Lipinski definition) is 7. The molecule has 0 aromatic heterocycles. The van der Waals surface area contributed by atoms with Crippen LogP contribution in [-0.4, -0.2) is 45.1 Å². The first-order valence-corrected chi connectivity index (χ1v) is 10.7. The second-order valence-corrected chi connectivity index (χ2v) is 8.21. The Balaban J connectivity index is 2.06. The van der Waals surface area contributed by atoms with Gasteiger partial charge >= 0.3 is 5.97 Å². The van der Waals surface area contributed by atoms with Gasteiger partial charge in [-0.15, -0.1) is 0 Å². The smallest absolute Gasteiger partial charge is 0.339 e. The molecular weight excluding hydrogens is 414 g/mol. The summed E-state index contributed by atoms with van der Waals surface area (Å²) >= 11 is 0. The minimum absolute atomic E-state index is 0.0313. The van der Waals surface area contributed by atoms with Gasteiger partial charge in [0.25, 0.3) is 5.69 Å². The number of anilines is 2. The van der Waals surface area contributed by atoms with Crippen molar-refractivity contribution in [1.82, 2.24) is 0 Å². The molecule has 0 unspecified atom stereocenters. The number of carbonyl (C=O) groups is 2. The molecule has 0 radical (unpaired) electrons. The molecule has 0 fully saturated rings. The number of carbonyl (C=O) groups excluding carboxylic acids is 2. The summed E-state index contributed by atoms with van der Waals surface area (Å²) in [6.07, 6.45) is 1.11. The number of rotatable bonds is 9. The molecule has 10 nitrogen and oxygen atoms in total. The number of sulfonamides is 1. The van der Waals surface area contributed by atoms with Crippen LogP contribution in [0.4, 0.5) is 17.1 Å². The summed E-state index contributed by atoms with van der Waals surface area (Å²) in [7, 11) is -2.49. The zero-order valence-corrected chi connectivity index (χ0v) is 17.2. The fraction of sp³-hybridized carbons (Fsp3) is 0.263. The van der Waals surface area contributed by atoms with Crippen molar-refractivity contribution in [3.05, 3.63) is 64.2 Å². The molecule has 0 aliphatic heterocycles. The topological polar surface area (TPSA) is 136 Å². The molecule has 0 aliphatic carbocycles. The summed E-state index contributed by atoms with van der Waals surface area (Å²) in [5.41, 5.74) is 0.386. The summed E-state index contributed by atoms with van der Waals surface area (Å²) in [5, 5.41) is 13.6. The minimum atomic E-state index is -3.72. The van der Waals surface area contributed by atoms with Gasteiger partial charge in [-0.3, -0.25) is 19.2 Å². The van der Waals surface area contributed by atoms with Gasteiger partial charge in [-0.1, -0.05) is 18.2 Å². The molecule has 0 aliphatic rings. The summed E-state index contributed by atoms with van der Waals surface area (Å²) in [6.45, 7) is -0.0495. The highest BCUT2D eigenvalue weighted by atomic mass is 32.2. The van der Waals surface area contributed by atoms with Crippen molar-refractivity contribution >= 4 is 39.0 Å². The van der Waals surface area contributed by atoms with Crippen molar-refractivity contribution in [3.8, 4) is 0 Å². The summed E-state index contributed by atoms with van der Waals surface area (Å²) in [4.78, 5) is 34.4. The van der Waals surface area contributed by atoms with Crippen LogP contribution in [0.1, 0.15) is 23.2 Å². The largest absolute Gasteiger partial charge is 0.465 e. The van der Waals surface area contributed by atoms with Crippen LogP contribution in [0.25, 0.3) is 0 Å². The predicted octanol–water partition coefficient (Wildman–Crippen LogP) is 2.57. The third-order valence-corrected chi connectivity index (χ3v) is 5.29. The lowest BCUT2D eigenvalue weighted by molar-refractivity contribution is -0.384. The summed E-state index contributed by atoms with van der Waals surface area (Å²) in [5.74, 6) is -1.02. The van der Waals surface area contributed by atoms with E-state index < -0.39 is 26.8 Å². The number of amides is 1. The van der Waals surface area contributed by atoms with Gasteiger partial charge in [0.2, 0.25) is 15.9 Å². The molecule has 2 rings (SSSR count). The van der Waals surface area contributed by atoms with Gasteiger partial charge in [-0.25, -0.2) is 13.2 Å². The standard InChI is InChI=1S/C19H21N3O7S/c1-29-19(24)16-9-3-4-10-17(16)20-18(23)11-6-12-21(30(2,27)28)14-7-5-8-15(13-14)22(25)26/h3-5,7-10,13H,6,11-12H2,1-2H3,(H,20,23). The maximum Gasteiger partial charge on any atom is 0.339 e. The number of para-hydroxylation sites is 1. The fourth-order valence-electron chi connectivity index (χ4n) is 2.72. The van der Waals surface area contributed by atoms with Gasteiger partial charge in [0, 0.05) is 25.1 Å². The number of nitro benzene ring substituents is 1. The first kappa shape index (κ1) is 22.8. The molecule has 0 spiro atoms. The molecule has 1 amide bonds. The zero-order valence-electron chi connectivity index (χ0n) is 16.4. The number of esters is 1. The van der Waals surface area contributed by atoms with Crippen LogP contribution in [0.15, 0.2) is 48.5 Å². The van der Waals surface area contributed by atoms with E-state index in [1.165, 1.54) is 31.4 Å². The third-order valence-electron chi connectivity index (χ3n) is 4.10. The molecule has 160 valence electrons. The average molecular weight is 435 g/mol. The molecule has 0 saturated carbocycles. The molecule has 0 saturated heterocycles. The van der Waals surface area contributed by atoms with Crippen molar-refractivity contribution in [2.75, 3.05) is 29.5 Å². The van der Waals surface area contributed by atoms with E-state index in [-0.39, 0.29) is 42.0 Å². The van der Waals surface area contributed by atoms with Crippen LogP contribution in [0.5, 0.6) is 0 Å². The fourth-order valence-corrected chi connectivity index (χ4v) is 3.68. The lowest BCUT2D eigenvalue weighted by Crippen LogP contribution is -2.31. The van der Waals surface area contributed by atoms with E-state index >= 15 is 0 Å². The number of benzene rings is 2. The van der Waals surface area contributed by atoms with Gasteiger partial charge < -0.3 is 10.1 Å². The molecule has 0 heterocycles. The monoisotopic (exact) mass is 435 g/mol. The maximum absolute atomic E-state index is 12.3. The molecule has 2 aromatic rings. The molecule has 1 N–H and O–H groups in total. The predicted molar refractivity (Wildman–Crippen MR) is 111 cm³/mol. The minimum Gasteiger partial charge on any atom is -0.465 e. The Morgan fingerprint density at radius 3 is 2.50 bits per heavy atom. The Labute approximate surface area is 173 Å². The van der Waals surface area contributed by atoms with Gasteiger partial charge in [-0.2, -0.15) is 0 Å². The second kappa shape index (κ2) is 9.83. The quantitative estimate of drug-likeness (QED) is 0.363. The van der Waals surface area contributed by atoms with E-state index in [2.05, 4.69) is 10.1 Å². The molecular formula is C19H21N3O7S. The van der Waals surface area contributed by atoms with E-state index in [1.54, 1.807) is 18.2 Å². The van der Waals surface area contributed by atoms with E-state index in [0.717, 1.165) is 16.6 Å². The van der Waals surface area contributed by atoms with E-state index in [1.807, 2.05) is 0 Å². The van der Waals surface area contributed by atoms with Crippen molar-refractivity contribution in [3.63, 3.8) is 0 Å². The molecule has 11 heteroatoms. The number of nitrogens with one attached hydrogen (secondary N) is 1. The number of ether oxygens (including phenoxy) is 1. The zero-order chi connectivity index (χ0) is 22.3. The number of non-ortho nitro benzene ring substituents is 1. The molecule has 30 heavy (non-hydrogen) atoms. The Morgan fingerprint density at radius 1 is 1.17 bits per heavy atom. The van der Waals surface area contributed by atoms with Crippen LogP contribution < -0.4 is 9.62 Å². The molecule has 0 atom stereocenters. The number of methoxy groups -OCH3 is 1. The normalized spacial score (nSPS) is 10.9. The Bertz CT molecular complexity index is 1050. The first-order chi connectivity index (χ1) is 14.1. The van der Waals surface area contributed by atoms with E-state index in [4.69, 9.17) is 0 Å². The number of nitro groups is 1. The van der Waals surface area contributed by atoms with Crippen LogP contribution in [0.3, 0.4) is 0 Å². The summed E-state index contributed by atoms with van der Waals surface area (Å²) < 4.78 is 30.0. The SMILES string of the molecule is COC(=O)c1ccccc1NC(=O)CCCN(c1cccc([N+](=O)[O-])c1)S(C)(=O)=O. The van der Waals surface area contributed by atoms with Gasteiger partial charge in [0.05, 0.1) is 35.2 Å². The van der Waals surface area contributed by atoms with Gasteiger partial charge in [0.15, 0.2) is 0 Å². The van der Waals surface area contributed by atoms with E-state index in [0.29, 0.717) is 0 Å². The summed E-state index contributed by atoms with van der Waals surface area (Å²) in [6, 6.07) is 11.6. The maximum atomic E-state index is 12.3. The van der Waals surface area contributed by atoms with Crippen molar-refractivity contribution in [2.24, 2.45) is 0 Å². The van der Waals surface area contributed by atoms with Crippen LogP contribution in [-0.2, 0) is 19.6 Å². The number of hydrogen-bond donors (Lipinski definition) is 1. The lowest BCUT2D eigenvalue weighted by atomic mass is 10.1. The highest BCUT2D eigenvalue weighted by Crippen LogP contribution is 2.24.